The Balaban J connectivity index is 2.70. The number of aliphatic hydroxyl groups excluding tert-OH is 1. The van der Waals surface area contributed by atoms with Crippen molar-refractivity contribution in [3.8, 4) is 0 Å². The summed E-state index contributed by atoms with van der Waals surface area (Å²) in [6.45, 7) is 4.44. The van der Waals surface area contributed by atoms with Crippen LogP contribution in [-0.4, -0.2) is 17.8 Å². The van der Waals surface area contributed by atoms with E-state index in [4.69, 9.17) is 0 Å². The van der Waals surface area contributed by atoms with Crippen LogP contribution in [0.1, 0.15) is 38.3 Å². The molecule has 2 N–H and O–H groups in total. The molecule has 1 aromatic carbocycles. The zero-order valence-electron chi connectivity index (χ0n) is 9.91. The van der Waals surface area contributed by atoms with E-state index in [9.17, 15) is 5.11 Å². The molecule has 1 aromatic rings. The van der Waals surface area contributed by atoms with Gasteiger partial charge in [-0.15, -0.1) is 0 Å². The summed E-state index contributed by atoms with van der Waals surface area (Å²) in [7, 11) is 0. The molecule has 0 spiro atoms. The minimum Gasteiger partial charge on any atom is -0.395 e. The van der Waals surface area contributed by atoms with Crippen LogP contribution in [0.5, 0.6) is 0 Å². The van der Waals surface area contributed by atoms with Crippen LogP contribution in [-0.2, 0) is 0 Å². The van der Waals surface area contributed by atoms with Gasteiger partial charge in [-0.05, 0) is 30.5 Å². The Hall–Kier alpha value is -0.380. The molecule has 2 atom stereocenters. The summed E-state index contributed by atoms with van der Waals surface area (Å²) >= 11 is 3.43. The fourth-order valence-corrected chi connectivity index (χ4v) is 1.99. The SMILES string of the molecule is CCC(N[C@@H](CC)CO)c1ccc(Br)cc1. The van der Waals surface area contributed by atoms with Crippen molar-refractivity contribution < 1.29 is 5.11 Å². The van der Waals surface area contributed by atoms with Crippen molar-refractivity contribution in [2.45, 2.75) is 38.8 Å². The van der Waals surface area contributed by atoms with Crippen LogP contribution in [0.2, 0.25) is 0 Å². The smallest absolute Gasteiger partial charge is 0.0584 e. The third-order valence-electron chi connectivity index (χ3n) is 2.83. The van der Waals surface area contributed by atoms with Crippen LogP contribution in [0.3, 0.4) is 0 Å². The minimum atomic E-state index is 0.189. The molecule has 0 saturated heterocycles. The van der Waals surface area contributed by atoms with Crippen LogP contribution in [0.4, 0.5) is 0 Å². The molecule has 90 valence electrons. The highest BCUT2D eigenvalue weighted by Gasteiger charge is 2.13. The Morgan fingerprint density at radius 1 is 1.19 bits per heavy atom. The summed E-state index contributed by atoms with van der Waals surface area (Å²) in [5, 5.41) is 12.7. The van der Waals surface area contributed by atoms with Gasteiger partial charge in [-0.3, -0.25) is 0 Å². The van der Waals surface area contributed by atoms with Crippen LogP contribution >= 0.6 is 15.9 Å². The molecule has 0 heterocycles. The molecule has 1 unspecified atom stereocenters. The Labute approximate surface area is 106 Å². The molecule has 0 fully saturated rings. The number of nitrogens with one attached hydrogen (secondary N) is 1. The summed E-state index contributed by atoms with van der Waals surface area (Å²) in [4.78, 5) is 0. The van der Waals surface area contributed by atoms with Crippen molar-refractivity contribution in [3.05, 3.63) is 34.3 Å². The Bertz CT molecular complexity index is 295. The third-order valence-corrected chi connectivity index (χ3v) is 3.36. The number of halogens is 1. The predicted molar refractivity (Wildman–Crippen MR) is 71.5 cm³/mol. The molecule has 2 nitrogen and oxygen atoms in total. The van der Waals surface area contributed by atoms with E-state index in [1.807, 2.05) is 0 Å². The van der Waals surface area contributed by atoms with Gasteiger partial charge in [-0.25, -0.2) is 0 Å². The minimum absolute atomic E-state index is 0.189. The van der Waals surface area contributed by atoms with E-state index in [1.165, 1.54) is 5.56 Å². The molecule has 0 aliphatic heterocycles. The monoisotopic (exact) mass is 285 g/mol. The zero-order chi connectivity index (χ0) is 12.0. The second-order valence-electron chi connectivity index (χ2n) is 3.97. The predicted octanol–water partition coefficient (Wildman–Crippen LogP) is 3.26. The lowest BCUT2D eigenvalue weighted by molar-refractivity contribution is 0.226. The lowest BCUT2D eigenvalue weighted by Crippen LogP contribution is -2.34. The summed E-state index contributed by atoms with van der Waals surface area (Å²) in [5.41, 5.74) is 1.28. The fraction of sp³-hybridized carbons (Fsp3) is 0.538. The van der Waals surface area contributed by atoms with Gasteiger partial charge >= 0.3 is 0 Å². The number of aliphatic hydroxyl groups is 1. The molecular weight excluding hydrogens is 266 g/mol. The first-order chi connectivity index (χ1) is 7.71. The Kier molecular flexibility index (Phi) is 6.03. The first kappa shape index (κ1) is 13.7. The van der Waals surface area contributed by atoms with Crippen molar-refractivity contribution in [3.63, 3.8) is 0 Å². The molecule has 0 aromatic heterocycles. The lowest BCUT2D eigenvalue weighted by Gasteiger charge is -2.23. The van der Waals surface area contributed by atoms with Gasteiger partial charge in [-0.1, -0.05) is 41.9 Å². The van der Waals surface area contributed by atoms with Gasteiger partial charge in [0.1, 0.15) is 0 Å². The van der Waals surface area contributed by atoms with Gasteiger partial charge in [0.2, 0.25) is 0 Å². The molecule has 16 heavy (non-hydrogen) atoms. The molecule has 0 aliphatic rings. The highest BCUT2D eigenvalue weighted by atomic mass is 79.9. The van der Waals surface area contributed by atoms with Gasteiger partial charge in [-0.2, -0.15) is 0 Å². The lowest BCUT2D eigenvalue weighted by atomic mass is 10.0. The standard InChI is InChI=1S/C13H20BrNO/c1-3-12(9-16)15-13(4-2)10-5-7-11(14)8-6-10/h5-8,12-13,15-16H,3-4,9H2,1-2H3/t12-,13?/m0/s1. The number of hydrogen-bond donors (Lipinski definition) is 2. The van der Waals surface area contributed by atoms with Crippen molar-refractivity contribution in [1.29, 1.82) is 0 Å². The van der Waals surface area contributed by atoms with Gasteiger partial charge < -0.3 is 10.4 Å². The Morgan fingerprint density at radius 3 is 2.25 bits per heavy atom. The van der Waals surface area contributed by atoms with Gasteiger partial charge in [0.25, 0.3) is 0 Å². The second-order valence-corrected chi connectivity index (χ2v) is 4.88. The molecule has 0 saturated carbocycles. The van der Waals surface area contributed by atoms with Crippen LogP contribution < -0.4 is 5.32 Å². The molecular formula is C13H20BrNO. The molecule has 0 bridgehead atoms. The molecule has 0 aliphatic carbocycles. The van der Waals surface area contributed by atoms with Crippen molar-refractivity contribution >= 4 is 15.9 Å². The van der Waals surface area contributed by atoms with E-state index in [1.54, 1.807) is 0 Å². The van der Waals surface area contributed by atoms with Crippen molar-refractivity contribution in [2.24, 2.45) is 0 Å². The van der Waals surface area contributed by atoms with Gasteiger partial charge in [0, 0.05) is 16.6 Å². The average Bonchev–Trinajstić information content (AvgIpc) is 2.32. The number of rotatable bonds is 6. The summed E-state index contributed by atoms with van der Waals surface area (Å²) in [6, 6.07) is 8.86. The Morgan fingerprint density at radius 2 is 1.81 bits per heavy atom. The van der Waals surface area contributed by atoms with E-state index in [-0.39, 0.29) is 12.6 Å². The number of benzene rings is 1. The normalized spacial score (nSPS) is 14.8. The summed E-state index contributed by atoms with van der Waals surface area (Å²) < 4.78 is 1.10. The molecule has 0 radical (unpaired) electrons. The van der Waals surface area contributed by atoms with Gasteiger partial charge in [0.15, 0.2) is 0 Å². The highest BCUT2D eigenvalue weighted by Crippen LogP contribution is 2.20. The van der Waals surface area contributed by atoms with Crippen LogP contribution in [0.15, 0.2) is 28.7 Å². The van der Waals surface area contributed by atoms with Crippen molar-refractivity contribution in [1.82, 2.24) is 5.32 Å². The van der Waals surface area contributed by atoms with Crippen molar-refractivity contribution in [2.75, 3.05) is 6.61 Å². The van der Waals surface area contributed by atoms with E-state index < -0.39 is 0 Å². The fourth-order valence-electron chi connectivity index (χ4n) is 1.73. The van der Waals surface area contributed by atoms with E-state index >= 15 is 0 Å². The maximum Gasteiger partial charge on any atom is 0.0584 e. The topological polar surface area (TPSA) is 32.3 Å². The highest BCUT2D eigenvalue weighted by molar-refractivity contribution is 9.10. The molecule has 0 amide bonds. The van der Waals surface area contributed by atoms with E-state index in [0.29, 0.717) is 6.04 Å². The second kappa shape index (κ2) is 7.05. The molecule has 3 heteroatoms. The first-order valence-corrected chi connectivity index (χ1v) is 6.62. The van der Waals surface area contributed by atoms with Crippen LogP contribution in [0, 0.1) is 0 Å². The first-order valence-electron chi connectivity index (χ1n) is 5.83. The van der Waals surface area contributed by atoms with E-state index in [2.05, 4.69) is 59.4 Å². The maximum atomic E-state index is 9.19. The quantitative estimate of drug-likeness (QED) is 0.841. The average molecular weight is 286 g/mol. The zero-order valence-corrected chi connectivity index (χ0v) is 11.5. The van der Waals surface area contributed by atoms with Crippen LogP contribution in [0.25, 0.3) is 0 Å². The number of hydrogen-bond acceptors (Lipinski definition) is 2. The van der Waals surface area contributed by atoms with Gasteiger partial charge in [0.05, 0.1) is 6.61 Å². The van der Waals surface area contributed by atoms with E-state index in [0.717, 1.165) is 17.3 Å². The summed E-state index contributed by atoms with van der Waals surface area (Å²) in [6.07, 6.45) is 1.97. The summed E-state index contributed by atoms with van der Waals surface area (Å²) in [5.74, 6) is 0. The molecule has 1 rings (SSSR count). The largest absolute Gasteiger partial charge is 0.395 e. The third kappa shape index (κ3) is 3.89. The maximum absolute atomic E-state index is 9.19.